The molecule has 2 aromatic rings. The van der Waals surface area contributed by atoms with Crippen molar-refractivity contribution in [3.63, 3.8) is 0 Å². The molecule has 0 aliphatic carbocycles. The van der Waals surface area contributed by atoms with Crippen LogP contribution in [-0.4, -0.2) is 41.0 Å². The lowest BCUT2D eigenvalue weighted by Crippen LogP contribution is -2.43. The maximum atomic E-state index is 4.88. The third-order valence-electron chi connectivity index (χ3n) is 3.99. The lowest BCUT2D eigenvalue weighted by Gasteiger charge is -2.26. The summed E-state index contributed by atoms with van der Waals surface area (Å²) in [5.74, 6) is 1.53. The third-order valence-corrected chi connectivity index (χ3v) is 3.99. The van der Waals surface area contributed by atoms with Crippen LogP contribution in [0.1, 0.15) is 31.3 Å². The summed E-state index contributed by atoms with van der Waals surface area (Å²) < 4.78 is 0. The first-order valence-electron chi connectivity index (χ1n) is 7.81. The van der Waals surface area contributed by atoms with Crippen LogP contribution >= 0.6 is 0 Å². The summed E-state index contributed by atoms with van der Waals surface area (Å²) in [5, 5.41) is 3.39. The van der Waals surface area contributed by atoms with Gasteiger partial charge in [0, 0.05) is 37.4 Å². The van der Waals surface area contributed by atoms with Crippen LogP contribution in [0.4, 0.5) is 0 Å². The van der Waals surface area contributed by atoms with Crippen molar-refractivity contribution in [3.8, 4) is 11.3 Å². The molecule has 1 aliphatic rings. The predicted molar refractivity (Wildman–Crippen MR) is 86.3 cm³/mol. The van der Waals surface area contributed by atoms with E-state index in [1.54, 1.807) is 0 Å². The lowest BCUT2D eigenvalue weighted by atomic mass is 10.0. The van der Waals surface area contributed by atoms with Crippen LogP contribution < -0.4 is 5.32 Å². The summed E-state index contributed by atoms with van der Waals surface area (Å²) in [6.07, 6.45) is 0. The predicted octanol–water partition coefficient (Wildman–Crippen LogP) is 2.61. The number of nitrogens with one attached hydrogen (secondary N) is 2. The van der Waals surface area contributed by atoms with Crippen molar-refractivity contribution in [3.05, 3.63) is 41.9 Å². The molecule has 1 aromatic heterocycles. The molecule has 3 rings (SSSR count). The standard InChI is InChI=1S/C17H24N4/c1-13(2)16-17(14-6-4-3-5-7-14)20-15(19-16)12-21-10-8-18-9-11-21/h3-7,13,18H,8-12H2,1-2H3,(H,19,20). The van der Waals surface area contributed by atoms with Gasteiger partial charge in [-0.05, 0) is 5.92 Å². The molecule has 2 heterocycles. The SMILES string of the molecule is CC(C)c1[nH]c(CN2CCNCC2)nc1-c1ccccc1. The molecule has 1 fully saturated rings. The maximum Gasteiger partial charge on any atom is 0.121 e. The van der Waals surface area contributed by atoms with E-state index in [2.05, 4.69) is 53.3 Å². The molecule has 1 aromatic carbocycles. The number of benzene rings is 1. The van der Waals surface area contributed by atoms with Gasteiger partial charge in [0.25, 0.3) is 0 Å². The van der Waals surface area contributed by atoms with E-state index in [-0.39, 0.29) is 0 Å². The van der Waals surface area contributed by atoms with E-state index < -0.39 is 0 Å². The van der Waals surface area contributed by atoms with E-state index in [1.165, 1.54) is 11.3 Å². The minimum Gasteiger partial charge on any atom is -0.344 e. The van der Waals surface area contributed by atoms with Crippen LogP contribution in [0, 0.1) is 0 Å². The molecular formula is C17H24N4. The summed E-state index contributed by atoms with van der Waals surface area (Å²) in [6.45, 7) is 9.68. The zero-order chi connectivity index (χ0) is 14.7. The molecule has 0 amide bonds. The molecule has 21 heavy (non-hydrogen) atoms. The number of aromatic amines is 1. The molecule has 1 aliphatic heterocycles. The first-order valence-corrected chi connectivity index (χ1v) is 7.81. The lowest BCUT2D eigenvalue weighted by molar-refractivity contribution is 0.228. The van der Waals surface area contributed by atoms with Crippen LogP contribution in [0.2, 0.25) is 0 Å². The fourth-order valence-electron chi connectivity index (χ4n) is 2.83. The van der Waals surface area contributed by atoms with Crippen molar-refractivity contribution in [2.75, 3.05) is 26.2 Å². The van der Waals surface area contributed by atoms with Crippen molar-refractivity contribution in [2.45, 2.75) is 26.3 Å². The average Bonchev–Trinajstić information content (AvgIpc) is 2.93. The average molecular weight is 284 g/mol. The number of piperazine rings is 1. The second-order valence-corrected chi connectivity index (χ2v) is 5.99. The first-order chi connectivity index (χ1) is 10.2. The number of rotatable bonds is 4. The highest BCUT2D eigenvalue weighted by atomic mass is 15.2. The molecular weight excluding hydrogens is 260 g/mol. The van der Waals surface area contributed by atoms with Gasteiger partial charge in [-0.25, -0.2) is 4.98 Å². The van der Waals surface area contributed by atoms with Crippen LogP contribution in [0.3, 0.4) is 0 Å². The fourth-order valence-corrected chi connectivity index (χ4v) is 2.83. The Labute approximate surface area is 126 Å². The van der Waals surface area contributed by atoms with Crippen molar-refractivity contribution in [1.29, 1.82) is 0 Å². The second-order valence-electron chi connectivity index (χ2n) is 5.99. The molecule has 0 radical (unpaired) electrons. The van der Waals surface area contributed by atoms with Crippen molar-refractivity contribution in [2.24, 2.45) is 0 Å². The van der Waals surface area contributed by atoms with E-state index >= 15 is 0 Å². The highest BCUT2D eigenvalue weighted by Gasteiger charge is 2.17. The molecule has 0 bridgehead atoms. The third kappa shape index (κ3) is 3.34. The summed E-state index contributed by atoms with van der Waals surface area (Å²) in [7, 11) is 0. The molecule has 4 nitrogen and oxygen atoms in total. The fraction of sp³-hybridized carbons (Fsp3) is 0.471. The largest absolute Gasteiger partial charge is 0.344 e. The highest BCUT2D eigenvalue weighted by molar-refractivity contribution is 5.62. The van der Waals surface area contributed by atoms with Gasteiger partial charge >= 0.3 is 0 Å². The van der Waals surface area contributed by atoms with E-state index in [1.807, 2.05) is 6.07 Å². The maximum absolute atomic E-state index is 4.88. The monoisotopic (exact) mass is 284 g/mol. The van der Waals surface area contributed by atoms with Crippen LogP contribution in [0.15, 0.2) is 30.3 Å². The zero-order valence-corrected chi connectivity index (χ0v) is 12.9. The van der Waals surface area contributed by atoms with Crippen LogP contribution in [0.5, 0.6) is 0 Å². The molecule has 2 N–H and O–H groups in total. The van der Waals surface area contributed by atoms with Crippen molar-refractivity contribution in [1.82, 2.24) is 20.2 Å². The molecule has 0 spiro atoms. The van der Waals surface area contributed by atoms with Gasteiger partial charge < -0.3 is 10.3 Å². The smallest absolute Gasteiger partial charge is 0.121 e. The second kappa shape index (κ2) is 6.41. The Morgan fingerprint density at radius 3 is 2.52 bits per heavy atom. The minimum absolute atomic E-state index is 0.449. The van der Waals surface area contributed by atoms with E-state index in [9.17, 15) is 0 Å². The Hall–Kier alpha value is -1.65. The summed E-state index contributed by atoms with van der Waals surface area (Å²) >= 11 is 0. The molecule has 0 saturated carbocycles. The molecule has 112 valence electrons. The Bertz CT molecular complexity index is 568. The number of nitrogens with zero attached hydrogens (tertiary/aromatic N) is 2. The van der Waals surface area contributed by atoms with Gasteiger partial charge in [-0.3, -0.25) is 4.90 Å². The zero-order valence-electron chi connectivity index (χ0n) is 12.9. The van der Waals surface area contributed by atoms with Crippen LogP contribution in [0.25, 0.3) is 11.3 Å². The van der Waals surface area contributed by atoms with Gasteiger partial charge in [-0.1, -0.05) is 44.2 Å². The molecule has 1 saturated heterocycles. The van der Waals surface area contributed by atoms with Gasteiger partial charge in [0.05, 0.1) is 12.2 Å². The quantitative estimate of drug-likeness (QED) is 0.907. The number of hydrogen-bond acceptors (Lipinski definition) is 3. The van der Waals surface area contributed by atoms with Crippen molar-refractivity contribution >= 4 is 0 Å². The van der Waals surface area contributed by atoms with Gasteiger partial charge in [0.15, 0.2) is 0 Å². The Kier molecular flexibility index (Phi) is 4.36. The molecule has 0 unspecified atom stereocenters. The number of aromatic nitrogens is 2. The van der Waals surface area contributed by atoms with Gasteiger partial charge in [0.1, 0.15) is 5.82 Å². The summed E-state index contributed by atoms with van der Waals surface area (Å²) in [6, 6.07) is 10.5. The number of hydrogen-bond donors (Lipinski definition) is 2. The van der Waals surface area contributed by atoms with Crippen LogP contribution in [-0.2, 0) is 6.54 Å². The first kappa shape index (κ1) is 14.3. The summed E-state index contributed by atoms with van der Waals surface area (Å²) in [4.78, 5) is 10.9. The van der Waals surface area contributed by atoms with E-state index in [0.717, 1.165) is 44.2 Å². The topological polar surface area (TPSA) is 44.0 Å². The Morgan fingerprint density at radius 2 is 1.86 bits per heavy atom. The normalized spacial score (nSPS) is 16.5. The Balaban J connectivity index is 1.86. The molecule has 4 heteroatoms. The van der Waals surface area contributed by atoms with E-state index in [0.29, 0.717) is 5.92 Å². The Morgan fingerprint density at radius 1 is 1.14 bits per heavy atom. The molecule has 0 atom stereocenters. The number of H-pyrrole nitrogens is 1. The van der Waals surface area contributed by atoms with Gasteiger partial charge in [0.2, 0.25) is 0 Å². The van der Waals surface area contributed by atoms with Gasteiger partial charge in [-0.15, -0.1) is 0 Å². The van der Waals surface area contributed by atoms with E-state index in [4.69, 9.17) is 4.98 Å². The van der Waals surface area contributed by atoms with Crippen molar-refractivity contribution < 1.29 is 0 Å². The highest BCUT2D eigenvalue weighted by Crippen LogP contribution is 2.27. The van der Waals surface area contributed by atoms with Gasteiger partial charge in [-0.2, -0.15) is 0 Å². The number of imidazole rings is 1. The summed E-state index contributed by atoms with van der Waals surface area (Å²) in [5.41, 5.74) is 3.55. The minimum atomic E-state index is 0.449.